The Bertz CT molecular complexity index is 912. The number of nitro groups is 1. The van der Waals surface area contributed by atoms with E-state index < -0.39 is 22.3 Å². The second-order valence-corrected chi connectivity index (χ2v) is 6.52. The van der Waals surface area contributed by atoms with E-state index in [1.807, 2.05) is 12.1 Å². The molecule has 2 rings (SSSR count). The lowest BCUT2D eigenvalue weighted by Crippen LogP contribution is -2.24. The number of rotatable bonds is 10. The van der Waals surface area contributed by atoms with Crippen molar-refractivity contribution in [2.45, 2.75) is 33.1 Å². The van der Waals surface area contributed by atoms with Gasteiger partial charge in [0.15, 0.2) is 6.61 Å². The maximum absolute atomic E-state index is 11.9. The summed E-state index contributed by atoms with van der Waals surface area (Å²) in [5, 5.41) is 26.7. The minimum Gasteiger partial charge on any atom is -0.865 e. The molecule has 1 atom stereocenters. The number of amides is 1. The smallest absolute Gasteiger partial charge is 0.277 e. The molecule has 30 heavy (non-hydrogen) atoms. The van der Waals surface area contributed by atoms with Gasteiger partial charge in [-0.2, -0.15) is 5.10 Å². The number of nitro benzene ring substituents is 1. The zero-order valence-electron chi connectivity index (χ0n) is 17.1. The monoisotopic (exact) mass is 414 g/mol. The number of nitrogens with one attached hydrogen (secondary N) is 1. The Morgan fingerprint density at radius 1 is 1.23 bits per heavy atom. The summed E-state index contributed by atoms with van der Waals surface area (Å²) in [5.74, 6) is -0.452. The Morgan fingerprint density at radius 3 is 2.53 bits per heavy atom. The Hall–Kier alpha value is -3.62. The van der Waals surface area contributed by atoms with Gasteiger partial charge >= 0.3 is 0 Å². The molecule has 0 aliphatic rings. The summed E-state index contributed by atoms with van der Waals surface area (Å²) in [6, 6.07) is 9.91. The van der Waals surface area contributed by atoms with Gasteiger partial charge in [-0.1, -0.05) is 26.0 Å². The van der Waals surface area contributed by atoms with Crippen molar-refractivity contribution in [1.82, 2.24) is 5.43 Å². The third-order valence-electron chi connectivity index (χ3n) is 4.39. The van der Waals surface area contributed by atoms with E-state index in [0.29, 0.717) is 11.7 Å². The molecule has 0 spiro atoms. The zero-order valence-corrected chi connectivity index (χ0v) is 17.1. The molecule has 1 amide bonds. The van der Waals surface area contributed by atoms with Crippen LogP contribution in [0.5, 0.6) is 17.2 Å². The van der Waals surface area contributed by atoms with Gasteiger partial charge in [0.1, 0.15) is 11.5 Å². The lowest BCUT2D eigenvalue weighted by molar-refractivity contribution is -0.398. The molecule has 0 aliphatic heterocycles. The van der Waals surface area contributed by atoms with Crippen LogP contribution in [0.2, 0.25) is 0 Å². The number of carbonyl (C=O) groups excluding carboxylic acids is 1. The lowest BCUT2D eigenvalue weighted by Gasteiger charge is -2.14. The van der Waals surface area contributed by atoms with Crippen molar-refractivity contribution in [2.24, 2.45) is 5.10 Å². The highest BCUT2D eigenvalue weighted by atomic mass is 16.6. The van der Waals surface area contributed by atoms with Crippen LogP contribution in [0.25, 0.3) is 0 Å². The Balaban J connectivity index is 1.95. The quantitative estimate of drug-likeness (QED) is 0.362. The van der Waals surface area contributed by atoms with Gasteiger partial charge in [-0.15, -0.1) is 0 Å². The van der Waals surface area contributed by atoms with E-state index in [1.165, 1.54) is 17.8 Å². The number of carbonyl (C=O) groups is 1. The third-order valence-corrected chi connectivity index (χ3v) is 4.39. The Kier molecular flexibility index (Phi) is 8.16. The molecule has 9 nitrogen and oxygen atoms in total. The maximum Gasteiger partial charge on any atom is 0.277 e. The van der Waals surface area contributed by atoms with Crippen LogP contribution in [0, 0.1) is 10.1 Å². The molecule has 0 radical (unpaired) electrons. The number of nitrogens with zero attached hydrogens (tertiary/aromatic N) is 2. The van der Waals surface area contributed by atoms with Crippen LogP contribution in [0.3, 0.4) is 0 Å². The van der Waals surface area contributed by atoms with Gasteiger partial charge in [0.05, 0.1) is 17.7 Å². The molecule has 0 saturated heterocycles. The number of benzene rings is 2. The van der Waals surface area contributed by atoms with Crippen LogP contribution >= 0.6 is 0 Å². The fourth-order valence-electron chi connectivity index (χ4n) is 2.57. The van der Waals surface area contributed by atoms with Gasteiger partial charge in [-0.25, -0.2) is 5.43 Å². The van der Waals surface area contributed by atoms with Crippen molar-refractivity contribution in [2.75, 3.05) is 13.2 Å². The van der Waals surface area contributed by atoms with Crippen molar-refractivity contribution in [3.63, 3.8) is 0 Å². The van der Waals surface area contributed by atoms with E-state index in [-0.39, 0.29) is 24.5 Å². The standard InChI is InChI=1S/C21H25N3O6/c1-4-14(3)16-6-8-17(9-7-16)30-13-20(25)23-22-12-15-10-18(24(27)28)21(26)19(11-15)29-5-2/h6-12,14,26H,4-5,13H2,1-3H3,(H,23,25)/p-1/b22-12-/t14-/m0/s1. The van der Waals surface area contributed by atoms with Crippen molar-refractivity contribution in [1.29, 1.82) is 0 Å². The first kappa shape index (κ1) is 22.7. The zero-order chi connectivity index (χ0) is 22.1. The molecule has 0 unspecified atom stereocenters. The van der Waals surface area contributed by atoms with Gasteiger partial charge in [0, 0.05) is 17.4 Å². The lowest BCUT2D eigenvalue weighted by atomic mass is 9.99. The second kappa shape index (κ2) is 10.8. The largest absolute Gasteiger partial charge is 0.865 e. The number of ether oxygens (including phenoxy) is 2. The molecule has 160 valence electrons. The van der Waals surface area contributed by atoms with E-state index in [1.54, 1.807) is 19.1 Å². The molecule has 0 fully saturated rings. The van der Waals surface area contributed by atoms with E-state index in [4.69, 9.17) is 9.47 Å². The normalized spacial score (nSPS) is 11.8. The van der Waals surface area contributed by atoms with Crippen molar-refractivity contribution in [3.8, 4) is 17.2 Å². The molecule has 2 aromatic carbocycles. The molecule has 0 saturated carbocycles. The van der Waals surface area contributed by atoms with E-state index in [2.05, 4.69) is 24.4 Å². The minimum absolute atomic E-state index is 0.149. The van der Waals surface area contributed by atoms with Gasteiger partial charge < -0.3 is 14.6 Å². The molecule has 9 heteroatoms. The molecular weight excluding hydrogens is 390 g/mol. The summed E-state index contributed by atoms with van der Waals surface area (Å²) in [6.07, 6.45) is 2.22. The van der Waals surface area contributed by atoms with Crippen LogP contribution < -0.4 is 20.0 Å². The minimum atomic E-state index is -0.809. The second-order valence-electron chi connectivity index (χ2n) is 6.52. The number of hydrazone groups is 1. The first-order chi connectivity index (χ1) is 14.3. The molecule has 2 aromatic rings. The van der Waals surface area contributed by atoms with Crippen molar-refractivity contribution < 1.29 is 24.3 Å². The number of hydrogen-bond donors (Lipinski definition) is 1. The highest BCUT2D eigenvalue weighted by Crippen LogP contribution is 2.34. The summed E-state index contributed by atoms with van der Waals surface area (Å²) in [6.45, 7) is 5.84. The first-order valence-corrected chi connectivity index (χ1v) is 9.52. The first-order valence-electron chi connectivity index (χ1n) is 9.52. The van der Waals surface area contributed by atoms with Gasteiger partial charge in [0.2, 0.25) is 0 Å². The van der Waals surface area contributed by atoms with Crippen LogP contribution in [0.4, 0.5) is 5.69 Å². The SMILES string of the molecule is CCOc1cc(/C=N\NC(=O)COc2ccc([C@@H](C)CC)cc2)cc([N+](=O)[O-])c1[O-]. The molecule has 1 N–H and O–H groups in total. The molecule has 0 bridgehead atoms. The molecular formula is C21H24N3O6-. The summed E-state index contributed by atoms with van der Waals surface area (Å²) >= 11 is 0. The predicted molar refractivity (Wildman–Crippen MR) is 110 cm³/mol. The van der Waals surface area contributed by atoms with Crippen LogP contribution in [0.15, 0.2) is 41.5 Å². The Labute approximate surface area is 174 Å². The topological polar surface area (TPSA) is 126 Å². The van der Waals surface area contributed by atoms with E-state index in [9.17, 15) is 20.0 Å². The maximum atomic E-state index is 11.9. The van der Waals surface area contributed by atoms with Gasteiger partial charge in [-0.05, 0) is 43.0 Å². The molecule has 0 heterocycles. The highest BCUT2D eigenvalue weighted by Gasteiger charge is 2.13. The third kappa shape index (κ3) is 6.20. The van der Waals surface area contributed by atoms with Crippen LogP contribution in [-0.4, -0.2) is 30.3 Å². The number of hydrogen-bond acceptors (Lipinski definition) is 7. The Morgan fingerprint density at radius 2 is 1.93 bits per heavy atom. The summed E-state index contributed by atoms with van der Waals surface area (Å²) in [7, 11) is 0. The van der Waals surface area contributed by atoms with E-state index >= 15 is 0 Å². The fraction of sp³-hybridized carbons (Fsp3) is 0.333. The average molecular weight is 414 g/mol. The molecule has 0 aliphatic carbocycles. The van der Waals surface area contributed by atoms with Crippen molar-refractivity contribution in [3.05, 3.63) is 57.6 Å². The van der Waals surface area contributed by atoms with Crippen LogP contribution in [0.1, 0.15) is 44.2 Å². The average Bonchev–Trinajstić information content (AvgIpc) is 2.74. The van der Waals surface area contributed by atoms with Gasteiger partial charge in [-0.3, -0.25) is 14.9 Å². The van der Waals surface area contributed by atoms with Crippen molar-refractivity contribution >= 4 is 17.8 Å². The summed E-state index contributed by atoms with van der Waals surface area (Å²) < 4.78 is 10.5. The van der Waals surface area contributed by atoms with E-state index in [0.717, 1.165) is 12.5 Å². The predicted octanol–water partition coefficient (Wildman–Crippen LogP) is 3.11. The fourth-order valence-corrected chi connectivity index (χ4v) is 2.57. The highest BCUT2D eigenvalue weighted by molar-refractivity contribution is 5.85. The molecule has 0 aromatic heterocycles. The summed E-state index contributed by atoms with van der Waals surface area (Å²) in [5.41, 5.74) is 3.08. The van der Waals surface area contributed by atoms with Crippen LogP contribution in [-0.2, 0) is 4.79 Å². The summed E-state index contributed by atoms with van der Waals surface area (Å²) in [4.78, 5) is 22.1. The van der Waals surface area contributed by atoms with Gasteiger partial charge in [0.25, 0.3) is 11.6 Å².